The van der Waals surface area contributed by atoms with Gasteiger partial charge in [0.1, 0.15) is 5.69 Å². The van der Waals surface area contributed by atoms with Crippen LogP contribution in [0.4, 0.5) is 18.9 Å². The number of ether oxygens (including phenoxy) is 1. The minimum absolute atomic E-state index is 0.408. The summed E-state index contributed by atoms with van der Waals surface area (Å²) in [5.74, 6) is 0. The van der Waals surface area contributed by atoms with Gasteiger partial charge in [0, 0.05) is 38.6 Å². The summed E-state index contributed by atoms with van der Waals surface area (Å²) in [5, 5.41) is 5.97. The van der Waals surface area contributed by atoms with Crippen molar-refractivity contribution in [3.63, 3.8) is 0 Å². The molecule has 18 heavy (non-hydrogen) atoms. The highest BCUT2D eigenvalue weighted by Gasteiger charge is 2.32. The van der Waals surface area contributed by atoms with Crippen molar-refractivity contribution in [3.8, 4) is 0 Å². The van der Waals surface area contributed by atoms with Gasteiger partial charge in [-0.3, -0.25) is 4.98 Å². The van der Waals surface area contributed by atoms with Gasteiger partial charge >= 0.3 is 6.18 Å². The van der Waals surface area contributed by atoms with Crippen LogP contribution < -0.4 is 10.6 Å². The second-order valence-electron chi connectivity index (χ2n) is 3.60. The maximum atomic E-state index is 12.4. The summed E-state index contributed by atoms with van der Waals surface area (Å²) < 4.78 is 42.0. The fraction of sp³-hybridized carbons (Fsp3) is 0.545. The van der Waals surface area contributed by atoms with Gasteiger partial charge in [-0.2, -0.15) is 13.2 Å². The Morgan fingerprint density at radius 2 is 2.06 bits per heavy atom. The number of pyridine rings is 1. The van der Waals surface area contributed by atoms with Crippen molar-refractivity contribution in [2.24, 2.45) is 0 Å². The van der Waals surface area contributed by atoms with E-state index >= 15 is 0 Å². The van der Waals surface area contributed by atoms with Gasteiger partial charge in [0.05, 0.1) is 6.61 Å². The molecule has 0 spiro atoms. The van der Waals surface area contributed by atoms with Crippen molar-refractivity contribution >= 4 is 5.69 Å². The number of nitrogens with zero attached hydrogens (tertiary/aromatic N) is 1. The lowest BCUT2D eigenvalue weighted by atomic mass is 10.3. The van der Waals surface area contributed by atoms with Crippen LogP contribution in [0.2, 0.25) is 0 Å². The number of halogens is 3. The molecule has 0 saturated heterocycles. The summed E-state index contributed by atoms with van der Waals surface area (Å²) >= 11 is 0. The fourth-order valence-electron chi connectivity index (χ4n) is 1.29. The third-order valence-electron chi connectivity index (χ3n) is 2.16. The lowest BCUT2D eigenvalue weighted by Gasteiger charge is -2.10. The summed E-state index contributed by atoms with van der Waals surface area (Å²) in [6, 6.07) is 2.50. The molecule has 7 heteroatoms. The standard InChI is InChI=1S/C11H16F3N3O/c1-18-7-6-15-4-5-16-9-2-3-17-10(8-9)11(12,13)14/h2-3,8,15H,4-7H2,1H3,(H,16,17). The summed E-state index contributed by atoms with van der Waals surface area (Å²) in [5.41, 5.74) is -0.481. The molecule has 4 nitrogen and oxygen atoms in total. The predicted molar refractivity (Wildman–Crippen MR) is 62.5 cm³/mol. The van der Waals surface area contributed by atoms with E-state index in [0.717, 1.165) is 12.3 Å². The quantitative estimate of drug-likeness (QED) is 0.736. The molecule has 1 aromatic rings. The SMILES string of the molecule is COCCNCCNc1ccnc(C(F)(F)F)c1. The average molecular weight is 263 g/mol. The van der Waals surface area contributed by atoms with Crippen LogP contribution in [0, 0.1) is 0 Å². The molecule has 0 fully saturated rings. The number of rotatable bonds is 7. The van der Waals surface area contributed by atoms with E-state index in [1.54, 1.807) is 7.11 Å². The highest BCUT2D eigenvalue weighted by atomic mass is 19.4. The molecular formula is C11H16F3N3O. The number of alkyl halides is 3. The molecule has 0 saturated carbocycles. The summed E-state index contributed by atoms with van der Waals surface area (Å²) in [4.78, 5) is 3.28. The van der Waals surface area contributed by atoms with Crippen LogP contribution in [-0.2, 0) is 10.9 Å². The third-order valence-corrected chi connectivity index (χ3v) is 2.16. The first-order valence-corrected chi connectivity index (χ1v) is 5.51. The molecule has 0 aliphatic rings. The lowest BCUT2D eigenvalue weighted by molar-refractivity contribution is -0.141. The van der Waals surface area contributed by atoms with E-state index in [9.17, 15) is 13.2 Å². The Bertz CT molecular complexity index is 358. The minimum atomic E-state index is -4.41. The molecule has 0 radical (unpaired) electrons. The molecule has 1 aromatic heterocycles. The first-order valence-electron chi connectivity index (χ1n) is 5.51. The molecule has 1 heterocycles. The van der Waals surface area contributed by atoms with E-state index in [-0.39, 0.29) is 0 Å². The molecule has 2 N–H and O–H groups in total. The number of anilines is 1. The Kier molecular flexibility index (Phi) is 5.87. The zero-order valence-corrected chi connectivity index (χ0v) is 10.0. The van der Waals surface area contributed by atoms with E-state index in [1.165, 1.54) is 6.07 Å². The van der Waals surface area contributed by atoms with Gasteiger partial charge in [-0.05, 0) is 12.1 Å². The normalized spacial score (nSPS) is 11.6. The van der Waals surface area contributed by atoms with Crippen molar-refractivity contribution in [1.82, 2.24) is 10.3 Å². The van der Waals surface area contributed by atoms with E-state index in [4.69, 9.17) is 4.74 Å². The number of aromatic nitrogens is 1. The lowest BCUT2D eigenvalue weighted by Crippen LogP contribution is -2.25. The second-order valence-corrected chi connectivity index (χ2v) is 3.60. The molecule has 0 aliphatic heterocycles. The molecule has 0 unspecified atom stereocenters. The van der Waals surface area contributed by atoms with Crippen LogP contribution in [0.1, 0.15) is 5.69 Å². The van der Waals surface area contributed by atoms with Gasteiger partial charge in [-0.15, -0.1) is 0 Å². The highest BCUT2D eigenvalue weighted by Crippen LogP contribution is 2.28. The van der Waals surface area contributed by atoms with Crippen LogP contribution in [0.15, 0.2) is 18.3 Å². The first kappa shape index (κ1) is 14.7. The van der Waals surface area contributed by atoms with Crippen molar-refractivity contribution in [1.29, 1.82) is 0 Å². The zero-order chi connectivity index (χ0) is 13.4. The van der Waals surface area contributed by atoms with Crippen molar-refractivity contribution in [3.05, 3.63) is 24.0 Å². The van der Waals surface area contributed by atoms with Crippen molar-refractivity contribution in [2.75, 3.05) is 38.7 Å². The minimum Gasteiger partial charge on any atom is -0.384 e. The van der Waals surface area contributed by atoms with Crippen LogP contribution in [-0.4, -0.2) is 38.3 Å². The molecule has 0 bridgehead atoms. The molecule has 0 aliphatic carbocycles. The Balaban J connectivity index is 2.34. The Morgan fingerprint density at radius 3 is 2.72 bits per heavy atom. The topological polar surface area (TPSA) is 46.2 Å². The van der Waals surface area contributed by atoms with Crippen molar-refractivity contribution in [2.45, 2.75) is 6.18 Å². The third kappa shape index (κ3) is 5.33. The number of methoxy groups -OCH3 is 1. The van der Waals surface area contributed by atoms with Gasteiger partial charge in [0.2, 0.25) is 0 Å². The maximum absolute atomic E-state index is 12.4. The molecule has 0 amide bonds. The van der Waals surface area contributed by atoms with Crippen molar-refractivity contribution < 1.29 is 17.9 Å². The summed E-state index contributed by atoms with van der Waals surface area (Å²) in [6.45, 7) is 2.49. The van der Waals surface area contributed by atoms with Gasteiger partial charge in [0.15, 0.2) is 0 Å². The van der Waals surface area contributed by atoms with E-state index in [2.05, 4.69) is 15.6 Å². The van der Waals surface area contributed by atoms with Crippen LogP contribution in [0.3, 0.4) is 0 Å². The molecule has 1 rings (SSSR count). The fourth-order valence-corrected chi connectivity index (χ4v) is 1.29. The molecule has 0 atom stereocenters. The van der Waals surface area contributed by atoms with Gasteiger partial charge < -0.3 is 15.4 Å². The van der Waals surface area contributed by atoms with E-state index < -0.39 is 11.9 Å². The number of nitrogens with one attached hydrogen (secondary N) is 2. The van der Waals surface area contributed by atoms with Gasteiger partial charge in [-0.1, -0.05) is 0 Å². The largest absolute Gasteiger partial charge is 0.433 e. The van der Waals surface area contributed by atoms with Gasteiger partial charge in [-0.25, -0.2) is 0 Å². The Hall–Kier alpha value is -1.34. The second kappa shape index (κ2) is 7.17. The molecule has 0 aromatic carbocycles. The first-order chi connectivity index (χ1) is 8.54. The zero-order valence-electron chi connectivity index (χ0n) is 10.0. The number of hydrogen-bond acceptors (Lipinski definition) is 4. The Morgan fingerprint density at radius 1 is 1.28 bits per heavy atom. The van der Waals surface area contributed by atoms with E-state index in [0.29, 0.717) is 31.9 Å². The smallest absolute Gasteiger partial charge is 0.384 e. The van der Waals surface area contributed by atoms with Crippen LogP contribution in [0.5, 0.6) is 0 Å². The predicted octanol–water partition coefficient (Wildman–Crippen LogP) is 1.75. The van der Waals surface area contributed by atoms with Crippen LogP contribution in [0.25, 0.3) is 0 Å². The average Bonchev–Trinajstić information content (AvgIpc) is 2.33. The molecule has 102 valence electrons. The van der Waals surface area contributed by atoms with E-state index in [1.807, 2.05) is 0 Å². The van der Waals surface area contributed by atoms with Gasteiger partial charge in [0.25, 0.3) is 0 Å². The maximum Gasteiger partial charge on any atom is 0.433 e. The highest BCUT2D eigenvalue weighted by molar-refractivity contribution is 5.43. The summed E-state index contributed by atoms with van der Waals surface area (Å²) in [7, 11) is 1.61. The summed E-state index contributed by atoms with van der Waals surface area (Å²) in [6.07, 6.45) is -3.27. The van der Waals surface area contributed by atoms with Crippen LogP contribution >= 0.6 is 0 Å². The monoisotopic (exact) mass is 263 g/mol. The Labute approximate surface area is 104 Å². The number of hydrogen-bond donors (Lipinski definition) is 2. The molecular weight excluding hydrogens is 247 g/mol.